The van der Waals surface area contributed by atoms with Crippen LogP contribution in [-0.4, -0.2) is 19.7 Å². The molecule has 1 heterocycles. The number of nitrogens with one attached hydrogen (secondary N) is 1. The molecule has 5 heteroatoms. The van der Waals surface area contributed by atoms with Crippen LogP contribution in [0.3, 0.4) is 0 Å². The summed E-state index contributed by atoms with van der Waals surface area (Å²) in [6.07, 6.45) is 1.64. The van der Waals surface area contributed by atoms with Gasteiger partial charge in [0.25, 0.3) is 0 Å². The molecule has 0 bridgehead atoms. The predicted molar refractivity (Wildman–Crippen MR) is 70.0 cm³/mol. The zero-order valence-corrected chi connectivity index (χ0v) is 10.6. The van der Waals surface area contributed by atoms with Crippen LogP contribution in [0.1, 0.15) is 5.76 Å². The molecular weight excluding hydrogens is 246 g/mol. The number of furan rings is 1. The molecule has 1 N–H and O–H groups in total. The van der Waals surface area contributed by atoms with E-state index < -0.39 is 5.97 Å². The highest BCUT2D eigenvalue weighted by molar-refractivity contribution is 5.70. The van der Waals surface area contributed by atoms with E-state index in [1.165, 1.54) is 7.11 Å². The van der Waals surface area contributed by atoms with E-state index in [1.54, 1.807) is 18.4 Å². The van der Waals surface area contributed by atoms with Crippen molar-refractivity contribution in [1.82, 2.24) is 0 Å². The normalized spacial score (nSPS) is 9.95. The summed E-state index contributed by atoms with van der Waals surface area (Å²) in [6.45, 7) is 0.533. The topological polar surface area (TPSA) is 60.7 Å². The molecule has 0 unspecified atom stereocenters. The zero-order valence-electron chi connectivity index (χ0n) is 10.6. The van der Waals surface area contributed by atoms with Crippen LogP contribution in [0.15, 0.2) is 47.1 Å². The number of carbonyl (C=O) groups is 1. The Kier molecular flexibility index (Phi) is 4.44. The lowest BCUT2D eigenvalue weighted by Gasteiger charge is -2.07. The van der Waals surface area contributed by atoms with Gasteiger partial charge in [0, 0.05) is 5.69 Å². The monoisotopic (exact) mass is 261 g/mol. The summed E-state index contributed by atoms with van der Waals surface area (Å²) in [7, 11) is 1.33. The van der Waals surface area contributed by atoms with Crippen LogP contribution in [-0.2, 0) is 16.1 Å². The summed E-state index contributed by atoms with van der Waals surface area (Å²) in [5.74, 6) is 1.08. The lowest BCUT2D eigenvalue weighted by atomic mass is 10.3. The van der Waals surface area contributed by atoms with Gasteiger partial charge in [-0.25, -0.2) is 4.79 Å². The fourth-order valence-electron chi connectivity index (χ4n) is 1.47. The van der Waals surface area contributed by atoms with E-state index in [4.69, 9.17) is 9.15 Å². The Hall–Kier alpha value is -2.43. The predicted octanol–water partition coefficient (Wildman–Crippen LogP) is 2.44. The first-order valence-electron chi connectivity index (χ1n) is 5.84. The molecule has 5 nitrogen and oxygen atoms in total. The molecule has 100 valence electrons. The molecule has 0 saturated heterocycles. The van der Waals surface area contributed by atoms with Gasteiger partial charge in [-0.15, -0.1) is 0 Å². The fraction of sp³-hybridized carbons (Fsp3) is 0.214. The van der Waals surface area contributed by atoms with Crippen molar-refractivity contribution in [3.05, 3.63) is 48.4 Å². The Morgan fingerprint density at radius 3 is 2.68 bits per heavy atom. The Morgan fingerprint density at radius 1 is 1.26 bits per heavy atom. The Bertz CT molecular complexity index is 505. The molecule has 1 aromatic heterocycles. The van der Waals surface area contributed by atoms with Gasteiger partial charge in [0.2, 0.25) is 0 Å². The summed E-state index contributed by atoms with van der Waals surface area (Å²) in [5.41, 5.74) is 0.946. The van der Waals surface area contributed by atoms with Crippen LogP contribution in [0.4, 0.5) is 5.69 Å². The molecule has 0 aliphatic carbocycles. The van der Waals surface area contributed by atoms with Crippen molar-refractivity contribution in [2.75, 3.05) is 19.0 Å². The first-order valence-corrected chi connectivity index (χ1v) is 5.84. The second-order valence-corrected chi connectivity index (χ2v) is 3.82. The highest BCUT2D eigenvalue weighted by Gasteiger charge is 2.02. The summed E-state index contributed by atoms with van der Waals surface area (Å²) >= 11 is 0. The molecule has 1 aromatic carbocycles. The Morgan fingerprint density at radius 2 is 2.05 bits per heavy atom. The van der Waals surface area contributed by atoms with Gasteiger partial charge in [-0.05, 0) is 36.4 Å². The largest absolute Gasteiger partial charge is 0.482 e. The number of anilines is 1. The van der Waals surface area contributed by atoms with Crippen LogP contribution in [0.2, 0.25) is 0 Å². The maximum Gasteiger partial charge on any atom is 0.343 e. The van der Waals surface area contributed by atoms with Crippen molar-refractivity contribution in [1.29, 1.82) is 0 Å². The summed E-state index contributed by atoms with van der Waals surface area (Å²) < 4.78 is 14.9. The molecule has 0 aliphatic rings. The maximum absolute atomic E-state index is 10.9. The SMILES string of the molecule is COC(=O)COc1ccc(NCc2ccco2)cc1. The van der Waals surface area contributed by atoms with Gasteiger partial charge in [-0.1, -0.05) is 0 Å². The molecule has 0 spiro atoms. The first-order chi connectivity index (χ1) is 9.28. The van der Waals surface area contributed by atoms with E-state index in [2.05, 4.69) is 10.1 Å². The van der Waals surface area contributed by atoms with E-state index in [0.717, 1.165) is 11.4 Å². The third-order valence-electron chi connectivity index (χ3n) is 2.49. The van der Waals surface area contributed by atoms with E-state index >= 15 is 0 Å². The molecule has 0 radical (unpaired) electrons. The molecular formula is C14H15NO4. The van der Waals surface area contributed by atoms with Crippen molar-refractivity contribution in [2.24, 2.45) is 0 Å². The van der Waals surface area contributed by atoms with Crippen LogP contribution >= 0.6 is 0 Å². The maximum atomic E-state index is 10.9. The second kappa shape index (κ2) is 6.49. The molecule has 2 aromatic rings. The minimum Gasteiger partial charge on any atom is -0.482 e. The average molecular weight is 261 g/mol. The Balaban J connectivity index is 1.82. The molecule has 0 atom stereocenters. The lowest BCUT2D eigenvalue weighted by molar-refractivity contribution is -0.142. The van der Waals surface area contributed by atoms with Crippen molar-refractivity contribution >= 4 is 11.7 Å². The van der Waals surface area contributed by atoms with Gasteiger partial charge in [0.15, 0.2) is 6.61 Å². The van der Waals surface area contributed by atoms with Gasteiger partial charge in [-0.2, -0.15) is 0 Å². The van der Waals surface area contributed by atoms with Gasteiger partial charge in [0.1, 0.15) is 11.5 Å². The van der Waals surface area contributed by atoms with Crippen molar-refractivity contribution < 1.29 is 18.7 Å². The minimum atomic E-state index is -0.403. The molecule has 0 aliphatic heterocycles. The van der Waals surface area contributed by atoms with Crippen LogP contribution in [0.25, 0.3) is 0 Å². The fourth-order valence-corrected chi connectivity index (χ4v) is 1.47. The summed E-state index contributed by atoms with van der Waals surface area (Å²) in [6, 6.07) is 11.1. The van der Waals surface area contributed by atoms with E-state index in [9.17, 15) is 4.79 Å². The summed E-state index contributed by atoms with van der Waals surface area (Å²) in [4.78, 5) is 10.9. The number of benzene rings is 1. The van der Waals surface area contributed by atoms with Gasteiger partial charge >= 0.3 is 5.97 Å². The zero-order chi connectivity index (χ0) is 13.5. The third-order valence-corrected chi connectivity index (χ3v) is 2.49. The van der Waals surface area contributed by atoms with Crippen molar-refractivity contribution in [3.8, 4) is 5.75 Å². The number of methoxy groups -OCH3 is 1. The lowest BCUT2D eigenvalue weighted by Crippen LogP contribution is -2.12. The Labute approximate surface area is 111 Å². The molecule has 0 saturated carbocycles. The quantitative estimate of drug-likeness (QED) is 0.809. The molecule has 0 amide bonds. The standard InChI is InChI=1S/C14H15NO4/c1-17-14(16)10-19-12-6-4-11(5-7-12)15-9-13-3-2-8-18-13/h2-8,15H,9-10H2,1H3. The van der Waals surface area contributed by atoms with E-state index in [1.807, 2.05) is 24.3 Å². The second-order valence-electron chi connectivity index (χ2n) is 3.82. The van der Waals surface area contributed by atoms with Gasteiger partial charge < -0.3 is 19.2 Å². The van der Waals surface area contributed by atoms with Crippen molar-refractivity contribution in [3.63, 3.8) is 0 Å². The van der Waals surface area contributed by atoms with Crippen LogP contribution in [0, 0.1) is 0 Å². The van der Waals surface area contributed by atoms with Crippen LogP contribution in [0.5, 0.6) is 5.75 Å². The van der Waals surface area contributed by atoms with Gasteiger partial charge in [-0.3, -0.25) is 0 Å². The highest BCUT2D eigenvalue weighted by Crippen LogP contribution is 2.16. The number of ether oxygens (including phenoxy) is 2. The minimum absolute atomic E-state index is 0.0876. The van der Waals surface area contributed by atoms with Gasteiger partial charge in [0.05, 0.1) is 19.9 Å². The molecule has 2 rings (SSSR count). The number of carbonyl (C=O) groups excluding carboxylic acids is 1. The number of hydrogen-bond acceptors (Lipinski definition) is 5. The number of rotatable bonds is 6. The third kappa shape index (κ3) is 4.06. The average Bonchev–Trinajstić information content (AvgIpc) is 2.97. The van der Waals surface area contributed by atoms with E-state index in [0.29, 0.717) is 12.3 Å². The van der Waals surface area contributed by atoms with Crippen LogP contribution < -0.4 is 10.1 Å². The molecule has 0 fully saturated rings. The number of esters is 1. The van der Waals surface area contributed by atoms with Crippen molar-refractivity contribution in [2.45, 2.75) is 6.54 Å². The highest BCUT2D eigenvalue weighted by atomic mass is 16.6. The van der Waals surface area contributed by atoms with E-state index in [-0.39, 0.29) is 6.61 Å². The number of hydrogen-bond donors (Lipinski definition) is 1. The summed E-state index contributed by atoms with van der Waals surface area (Å²) in [5, 5.41) is 3.21. The smallest absolute Gasteiger partial charge is 0.343 e. The first kappa shape index (κ1) is 13.0. The molecule has 19 heavy (non-hydrogen) atoms.